The number of alkyl halides is 1. The minimum atomic E-state index is -0.352. The minimum Gasteiger partial charge on any atom is -0.391 e. The van der Waals surface area contributed by atoms with Crippen molar-refractivity contribution >= 4 is 27.5 Å². The predicted molar refractivity (Wildman–Crippen MR) is 72.3 cm³/mol. The van der Waals surface area contributed by atoms with Gasteiger partial charge in [0, 0.05) is 22.9 Å². The monoisotopic (exact) mass is 305 g/mol. The Morgan fingerprint density at radius 1 is 1.44 bits per heavy atom. The number of aliphatic hydroxyl groups is 1. The summed E-state index contributed by atoms with van der Waals surface area (Å²) < 4.78 is 0. The quantitative estimate of drug-likeness (QED) is 0.845. The van der Waals surface area contributed by atoms with E-state index in [2.05, 4.69) is 27.8 Å². The molecule has 4 heteroatoms. The minimum absolute atomic E-state index is 0.197. The van der Waals surface area contributed by atoms with Gasteiger partial charge in [-0.15, -0.1) is 0 Å². The molecule has 0 aromatic heterocycles. The first-order valence-electron chi connectivity index (χ1n) is 5.25. The van der Waals surface area contributed by atoms with Crippen LogP contribution < -0.4 is 0 Å². The summed E-state index contributed by atoms with van der Waals surface area (Å²) in [5.74, 6) is 0. The zero-order valence-corrected chi connectivity index (χ0v) is 11.9. The lowest BCUT2D eigenvalue weighted by molar-refractivity contribution is 0.126. The summed E-state index contributed by atoms with van der Waals surface area (Å²) in [5.41, 5.74) is 1.09. The number of aliphatic hydroxyl groups excluding tert-OH is 1. The van der Waals surface area contributed by atoms with Crippen LogP contribution in [0.25, 0.3) is 0 Å². The van der Waals surface area contributed by atoms with Gasteiger partial charge in [0.1, 0.15) is 0 Å². The van der Waals surface area contributed by atoms with Gasteiger partial charge >= 0.3 is 0 Å². The van der Waals surface area contributed by atoms with Gasteiger partial charge in [-0.2, -0.15) is 0 Å². The van der Waals surface area contributed by atoms with Gasteiger partial charge in [-0.1, -0.05) is 45.7 Å². The molecule has 1 rings (SSSR count). The first-order chi connectivity index (χ1) is 7.56. The number of hydrogen-bond donors (Lipinski definition) is 1. The SMILES string of the molecule is CC(c1ccccc1Cl)N(C)CC(O)CBr. The van der Waals surface area contributed by atoms with Crippen LogP contribution >= 0.6 is 27.5 Å². The molecule has 0 saturated carbocycles. The van der Waals surface area contributed by atoms with E-state index in [0.717, 1.165) is 10.6 Å². The Bertz CT molecular complexity index is 335. The van der Waals surface area contributed by atoms with Crippen molar-refractivity contribution in [2.45, 2.75) is 19.1 Å². The maximum atomic E-state index is 9.57. The molecule has 90 valence electrons. The smallest absolute Gasteiger partial charge is 0.0763 e. The van der Waals surface area contributed by atoms with E-state index in [0.29, 0.717) is 11.9 Å². The first kappa shape index (κ1) is 14.0. The Labute approximate surface area is 110 Å². The van der Waals surface area contributed by atoms with Crippen LogP contribution in [-0.2, 0) is 0 Å². The molecule has 0 aliphatic rings. The van der Waals surface area contributed by atoms with Gasteiger partial charge in [-0.25, -0.2) is 0 Å². The molecule has 0 bridgehead atoms. The molecule has 1 N–H and O–H groups in total. The lowest BCUT2D eigenvalue weighted by Crippen LogP contribution is -2.32. The molecule has 0 spiro atoms. The third-order valence-corrected chi connectivity index (χ3v) is 3.78. The van der Waals surface area contributed by atoms with E-state index >= 15 is 0 Å². The van der Waals surface area contributed by atoms with Crippen molar-refractivity contribution in [1.29, 1.82) is 0 Å². The third-order valence-electron chi connectivity index (χ3n) is 2.69. The molecule has 0 radical (unpaired) electrons. The maximum Gasteiger partial charge on any atom is 0.0763 e. The average Bonchev–Trinajstić information content (AvgIpc) is 2.28. The molecule has 1 aromatic carbocycles. The lowest BCUT2D eigenvalue weighted by atomic mass is 10.1. The van der Waals surface area contributed by atoms with Gasteiger partial charge < -0.3 is 5.11 Å². The zero-order valence-electron chi connectivity index (χ0n) is 9.53. The van der Waals surface area contributed by atoms with E-state index in [1.165, 1.54) is 0 Å². The van der Waals surface area contributed by atoms with Crippen molar-refractivity contribution in [2.75, 3.05) is 18.9 Å². The average molecular weight is 307 g/mol. The van der Waals surface area contributed by atoms with Crippen LogP contribution in [0.15, 0.2) is 24.3 Å². The Hall–Kier alpha value is -0.0900. The molecule has 2 atom stereocenters. The van der Waals surface area contributed by atoms with Crippen LogP contribution in [0.3, 0.4) is 0 Å². The molecule has 2 nitrogen and oxygen atoms in total. The van der Waals surface area contributed by atoms with E-state index in [9.17, 15) is 5.11 Å². The highest BCUT2D eigenvalue weighted by Crippen LogP contribution is 2.26. The second kappa shape index (κ2) is 6.60. The highest BCUT2D eigenvalue weighted by atomic mass is 79.9. The predicted octanol–water partition coefficient (Wildman–Crippen LogP) is 3.09. The molecular weight excluding hydrogens is 289 g/mol. The van der Waals surface area contributed by atoms with Crippen molar-refractivity contribution < 1.29 is 5.11 Å². The summed E-state index contributed by atoms with van der Waals surface area (Å²) in [6, 6.07) is 8.01. The normalized spacial score (nSPS) is 15.1. The van der Waals surface area contributed by atoms with Crippen LogP contribution in [0.1, 0.15) is 18.5 Å². The van der Waals surface area contributed by atoms with Crippen molar-refractivity contribution in [3.8, 4) is 0 Å². The van der Waals surface area contributed by atoms with Crippen LogP contribution in [0.2, 0.25) is 5.02 Å². The Morgan fingerprint density at radius 2 is 2.06 bits per heavy atom. The summed E-state index contributed by atoms with van der Waals surface area (Å²) >= 11 is 9.40. The first-order valence-corrected chi connectivity index (χ1v) is 6.75. The van der Waals surface area contributed by atoms with E-state index in [4.69, 9.17) is 11.6 Å². The standard InChI is InChI=1S/C12H17BrClNO/c1-9(15(2)8-10(16)7-13)11-5-3-4-6-12(11)14/h3-6,9-10,16H,7-8H2,1-2H3. The van der Waals surface area contributed by atoms with Crippen molar-refractivity contribution in [1.82, 2.24) is 4.90 Å². The molecule has 0 heterocycles. The Morgan fingerprint density at radius 3 is 2.62 bits per heavy atom. The number of halogens is 2. The van der Waals surface area contributed by atoms with Crippen molar-refractivity contribution in [3.05, 3.63) is 34.9 Å². The highest BCUT2D eigenvalue weighted by molar-refractivity contribution is 9.09. The maximum absolute atomic E-state index is 9.57. The van der Waals surface area contributed by atoms with Gasteiger partial charge in [0.25, 0.3) is 0 Å². The van der Waals surface area contributed by atoms with Gasteiger partial charge in [-0.05, 0) is 25.6 Å². The summed E-state index contributed by atoms with van der Waals surface area (Å²) in [6.45, 7) is 2.71. The number of hydrogen-bond acceptors (Lipinski definition) is 2. The fourth-order valence-electron chi connectivity index (χ4n) is 1.59. The topological polar surface area (TPSA) is 23.5 Å². The number of likely N-dealkylation sites (N-methyl/N-ethyl adjacent to an activating group) is 1. The van der Waals surface area contributed by atoms with E-state index in [1.807, 2.05) is 31.3 Å². The van der Waals surface area contributed by atoms with E-state index in [1.54, 1.807) is 0 Å². The fraction of sp³-hybridized carbons (Fsp3) is 0.500. The highest BCUT2D eigenvalue weighted by Gasteiger charge is 2.16. The van der Waals surface area contributed by atoms with Crippen molar-refractivity contribution in [2.24, 2.45) is 0 Å². The molecule has 2 unspecified atom stereocenters. The van der Waals surface area contributed by atoms with Crippen LogP contribution in [0, 0.1) is 0 Å². The molecule has 0 aliphatic heterocycles. The van der Waals surface area contributed by atoms with Crippen molar-refractivity contribution in [3.63, 3.8) is 0 Å². The van der Waals surface area contributed by atoms with E-state index in [-0.39, 0.29) is 12.1 Å². The van der Waals surface area contributed by atoms with Gasteiger partial charge in [0.2, 0.25) is 0 Å². The second-order valence-corrected chi connectivity index (χ2v) is 5.00. The van der Waals surface area contributed by atoms with Gasteiger partial charge in [-0.3, -0.25) is 4.90 Å². The number of benzene rings is 1. The summed E-state index contributed by atoms with van der Waals surface area (Å²) in [4.78, 5) is 2.09. The third kappa shape index (κ3) is 3.74. The second-order valence-electron chi connectivity index (χ2n) is 3.95. The largest absolute Gasteiger partial charge is 0.391 e. The molecule has 1 aromatic rings. The van der Waals surface area contributed by atoms with E-state index < -0.39 is 0 Å². The molecule has 0 fully saturated rings. The lowest BCUT2D eigenvalue weighted by Gasteiger charge is -2.27. The zero-order chi connectivity index (χ0) is 12.1. The Kier molecular flexibility index (Phi) is 5.76. The van der Waals surface area contributed by atoms with Gasteiger partial charge in [0.05, 0.1) is 6.10 Å². The summed E-state index contributed by atoms with van der Waals surface area (Å²) in [7, 11) is 1.99. The fourth-order valence-corrected chi connectivity index (χ4v) is 2.09. The number of rotatable bonds is 5. The summed E-state index contributed by atoms with van der Waals surface area (Å²) in [5, 5.41) is 10.9. The van der Waals surface area contributed by atoms with Crippen LogP contribution in [0.4, 0.5) is 0 Å². The van der Waals surface area contributed by atoms with Gasteiger partial charge in [0.15, 0.2) is 0 Å². The Balaban J connectivity index is 2.70. The molecule has 0 amide bonds. The summed E-state index contributed by atoms with van der Waals surface area (Å²) in [6.07, 6.45) is -0.352. The molecular formula is C12H17BrClNO. The molecule has 0 aliphatic carbocycles. The molecule has 16 heavy (non-hydrogen) atoms. The van der Waals surface area contributed by atoms with Crippen LogP contribution in [0.5, 0.6) is 0 Å². The molecule has 0 saturated heterocycles. The number of nitrogens with zero attached hydrogens (tertiary/aromatic N) is 1. The van der Waals surface area contributed by atoms with Crippen LogP contribution in [-0.4, -0.2) is 35.0 Å².